The Hall–Kier alpha value is -3.08. The van der Waals surface area contributed by atoms with Gasteiger partial charge in [-0.15, -0.1) is 0 Å². The lowest BCUT2D eigenvalue weighted by molar-refractivity contribution is -0.129. The number of carbonyl (C=O) groups is 1. The molecule has 0 atom stereocenters. The zero-order chi connectivity index (χ0) is 21.1. The predicted molar refractivity (Wildman–Crippen MR) is 119 cm³/mol. The zero-order valence-electron chi connectivity index (χ0n) is 16.1. The van der Waals surface area contributed by atoms with Crippen LogP contribution in [0, 0.1) is 6.92 Å². The molecule has 1 aliphatic rings. The number of esters is 1. The van der Waals surface area contributed by atoms with Crippen molar-refractivity contribution in [1.82, 2.24) is 0 Å². The van der Waals surface area contributed by atoms with Gasteiger partial charge < -0.3 is 9.47 Å². The molecule has 4 nitrogen and oxygen atoms in total. The summed E-state index contributed by atoms with van der Waals surface area (Å²) in [5.41, 5.74) is 3.75. The second kappa shape index (κ2) is 8.74. The summed E-state index contributed by atoms with van der Waals surface area (Å²) in [4.78, 5) is 16.6. The number of cyclic esters (lactones) is 1. The number of halogens is 2. The number of carbonyl (C=O) groups excluding carboxylic acids is 1. The topological polar surface area (TPSA) is 47.9 Å². The summed E-state index contributed by atoms with van der Waals surface area (Å²) in [6, 6.07) is 20.5. The minimum absolute atomic E-state index is 0.152. The average molecular weight is 438 g/mol. The first-order valence-electron chi connectivity index (χ1n) is 9.24. The molecule has 150 valence electrons. The fourth-order valence-electron chi connectivity index (χ4n) is 2.89. The maximum absolute atomic E-state index is 12.3. The maximum Gasteiger partial charge on any atom is 0.363 e. The second-order valence-corrected chi connectivity index (χ2v) is 7.65. The molecule has 0 saturated carbocycles. The molecule has 0 radical (unpaired) electrons. The Bertz CT molecular complexity index is 1170. The lowest BCUT2D eigenvalue weighted by Gasteiger charge is -2.07. The van der Waals surface area contributed by atoms with Crippen molar-refractivity contribution in [3.8, 4) is 5.75 Å². The summed E-state index contributed by atoms with van der Waals surface area (Å²) in [5.74, 6) is 0.308. The van der Waals surface area contributed by atoms with E-state index >= 15 is 0 Å². The van der Waals surface area contributed by atoms with Crippen LogP contribution in [0.4, 0.5) is 0 Å². The van der Waals surface area contributed by atoms with Crippen LogP contribution in [-0.4, -0.2) is 11.9 Å². The van der Waals surface area contributed by atoms with Crippen LogP contribution in [0.15, 0.2) is 77.4 Å². The fourth-order valence-corrected chi connectivity index (χ4v) is 3.38. The fraction of sp³-hybridized carbons (Fsp3) is 0.0833. The Kier molecular flexibility index (Phi) is 5.88. The van der Waals surface area contributed by atoms with E-state index in [1.165, 1.54) is 5.56 Å². The minimum Gasteiger partial charge on any atom is -0.489 e. The molecule has 0 amide bonds. The van der Waals surface area contributed by atoms with Crippen molar-refractivity contribution in [2.24, 2.45) is 4.99 Å². The number of benzene rings is 3. The van der Waals surface area contributed by atoms with Gasteiger partial charge in [0.05, 0.1) is 10.6 Å². The molecule has 1 aliphatic heterocycles. The molecule has 0 fully saturated rings. The Morgan fingerprint density at radius 2 is 1.83 bits per heavy atom. The van der Waals surface area contributed by atoms with Gasteiger partial charge in [0.25, 0.3) is 0 Å². The van der Waals surface area contributed by atoms with Crippen LogP contribution in [0.1, 0.15) is 22.3 Å². The number of rotatable bonds is 5. The molecular weight excluding hydrogens is 421 g/mol. The van der Waals surface area contributed by atoms with Crippen molar-refractivity contribution < 1.29 is 14.3 Å². The second-order valence-electron chi connectivity index (χ2n) is 6.81. The Morgan fingerprint density at radius 3 is 2.60 bits per heavy atom. The van der Waals surface area contributed by atoms with E-state index in [1.807, 2.05) is 55.5 Å². The smallest absolute Gasteiger partial charge is 0.363 e. The van der Waals surface area contributed by atoms with Crippen molar-refractivity contribution in [2.45, 2.75) is 13.5 Å². The van der Waals surface area contributed by atoms with Gasteiger partial charge in [0.15, 0.2) is 5.70 Å². The first kappa shape index (κ1) is 20.2. The van der Waals surface area contributed by atoms with Crippen molar-refractivity contribution in [3.63, 3.8) is 0 Å². The molecule has 1 heterocycles. The summed E-state index contributed by atoms with van der Waals surface area (Å²) in [7, 11) is 0. The summed E-state index contributed by atoms with van der Waals surface area (Å²) in [6.45, 7) is 2.50. The normalized spacial score (nSPS) is 14.6. The van der Waals surface area contributed by atoms with E-state index in [2.05, 4.69) is 4.99 Å². The highest BCUT2D eigenvalue weighted by Gasteiger charge is 2.25. The van der Waals surface area contributed by atoms with E-state index in [4.69, 9.17) is 32.7 Å². The van der Waals surface area contributed by atoms with Gasteiger partial charge in [-0.25, -0.2) is 9.79 Å². The van der Waals surface area contributed by atoms with Crippen LogP contribution < -0.4 is 4.74 Å². The molecule has 6 heteroatoms. The van der Waals surface area contributed by atoms with Gasteiger partial charge in [0.2, 0.25) is 5.90 Å². The van der Waals surface area contributed by atoms with Crippen LogP contribution in [0.5, 0.6) is 5.75 Å². The monoisotopic (exact) mass is 437 g/mol. The van der Waals surface area contributed by atoms with E-state index < -0.39 is 5.97 Å². The van der Waals surface area contributed by atoms with Crippen molar-refractivity contribution in [2.75, 3.05) is 0 Å². The van der Waals surface area contributed by atoms with Gasteiger partial charge in [0.1, 0.15) is 12.4 Å². The van der Waals surface area contributed by atoms with Gasteiger partial charge in [-0.05, 0) is 54.5 Å². The molecule has 3 aromatic rings. The number of aryl methyl sites for hydroxylation is 1. The number of aliphatic imine (C=N–C) groups is 1. The molecule has 0 unspecified atom stereocenters. The van der Waals surface area contributed by atoms with E-state index in [0.717, 1.165) is 11.1 Å². The third-order valence-electron chi connectivity index (χ3n) is 4.47. The molecule has 0 aromatic heterocycles. The number of ether oxygens (including phenoxy) is 2. The largest absolute Gasteiger partial charge is 0.489 e. The van der Waals surface area contributed by atoms with Crippen LogP contribution >= 0.6 is 23.2 Å². The molecule has 4 rings (SSSR count). The molecule has 0 saturated heterocycles. The minimum atomic E-state index is -0.540. The van der Waals surface area contributed by atoms with Crippen LogP contribution in [0.25, 0.3) is 6.08 Å². The first-order valence-corrected chi connectivity index (χ1v) is 10.00. The number of hydrogen-bond donors (Lipinski definition) is 0. The highest BCUT2D eigenvalue weighted by atomic mass is 35.5. The van der Waals surface area contributed by atoms with Crippen molar-refractivity contribution in [1.29, 1.82) is 0 Å². The Balaban J connectivity index is 1.52. The van der Waals surface area contributed by atoms with Crippen molar-refractivity contribution in [3.05, 3.63) is 105 Å². The number of hydrogen-bond acceptors (Lipinski definition) is 4. The third kappa shape index (κ3) is 4.73. The van der Waals surface area contributed by atoms with E-state index in [9.17, 15) is 4.79 Å². The van der Waals surface area contributed by atoms with Crippen LogP contribution in [0.2, 0.25) is 10.0 Å². The van der Waals surface area contributed by atoms with Gasteiger partial charge >= 0.3 is 5.97 Å². The third-order valence-corrected chi connectivity index (χ3v) is 5.02. The molecule has 30 heavy (non-hydrogen) atoms. The quantitative estimate of drug-likeness (QED) is 0.351. The van der Waals surface area contributed by atoms with Gasteiger partial charge in [-0.1, -0.05) is 65.2 Å². The SMILES string of the molecule is Cc1ccc(COc2cccc(/C=C3\N=C(c4ccc(Cl)cc4Cl)OC3=O)c2)cc1. The summed E-state index contributed by atoms with van der Waals surface area (Å²) in [6.07, 6.45) is 1.65. The van der Waals surface area contributed by atoms with E-state index in [1.54, 1.807) is 24.3 Å². The highest BCUT2D eigenvalue weighted by Crippen LogP contribution is 2.27. The predicted octanol–water partition coefficient (Wildman–Crippen LogP) is 6.23. The maximum atomic E-state index is 12.3. The molecular formula is C24H17Cl2NO3. The molecule has 0 bridgehead atoms. The summed E-state index contributed by atoms with van der Waals surface area (Å²) in [5, 5.41) is 0.855. The van der Waals surface area contributed by atoms with Gasteiger partial charge in [0, 0.05) is 5.02 Å². The Labute approximate surface area is 184 Å². The van der Waals surface area contributed by atoms with Gasteiger partial charge in [-0.2, -0.15) is 0 Å². The molecule has 3 aromatic carbocycles. The number of nitrogens with zero attached hydrogens (tertiary/aromatic N) is 1. The standard InChI is InChI=1S/C24H17Cl2NO3/c1-15-5-7-16(8-6-15)14-29-19-4-2-3-17(11-19)12-22-24(28)30-23(27-22)20-10-9-18(25)13-21(20)26/h2-13H,14H2,1H3/b22-12-. The summed E-state index contributed by atoms with van der Waals surface area (Å²) < 4.78 is 11.2. The lowest BCUT2D eigenvalue weighted by Crippen LogP contribution is -2.05. The van der Waals surface area contributed by atoms with E-state index in [0.29, 0.717) is 28.0 Å². The van der Waals surface area contributed by atoms with Gasteiger partial charge in [-0.3, -0.25) is 0 Å². The first-order chi connectivity index (χ1) is 14.5. The van der Waals surface area contributed by atoms with Crippen molar-refractivity contribution >= 4 is 41.1 Å². The van der Waals surface area contributed by atoms with E-state index in [-0.39, 0.29) is 11.6 Å². The molecule has 0 N–H and O–H groups in total. The zero-order valence-corrected chi connectivity index (χ0v) is 17.6. The van der Waals surface area contributed by atoms with Crippen LogP contribution in [0.3, 0.4) is 0 Å². The highest BCUT2D eigenvalue weighted by molar-refractivity contribution is 6.37. The average Bonchev–Trinajstić information content (AvgIpc) is 3.08. The summed E-state index contributed by atoms with van der Waals surface area (Å²) >= 11 is 12.1. The lowest BCUT2D eigenvalue weighted by atomic mass is 10.1. The molecule has 0 spiro atoms. The Morgan fingerprint density at radius 1 is 1.03 bits per heavy atom. The molecule has 0 aliphatic carbocycles. The van der Waals surface area contributed by atoms with Crippen LogP contribution in [-0.2, 0) is 16.1 Å².